The van der Waals surface area contributed by atoms with Gasteiger partial charge in [-0.15, -0.1) is 0 Å². The molecule has 1 aliphatic carbocycles. The SMILES string of the molecule is CCC(C)CC12C=CC=CC1O2. The lowest BCUT2D eigenvalue weighted by atomic mass is 9.89. The molecule has 0 aromatic rings. The van der Waals surface area contributed by atoms with Crippen LogP contribution in [0.15, 0.2) is 24.3 Å². The largest absolute Gasteiger partial charge is 0.357 e. The molecule has 3 atom stereocenters. The molecule has 0 aromatic heterocycles. The molecule has 1 saturated heterocycles. The van der Waals surface area contributed by atoms with Crippen molar-refractivity contribution >= 4 is 0 Å². The van der Waals surface area contributed by atoms with Gasteiger partial charge in [0.25, 0.3) is 0 Å². The van der Waals surface area contributed by atoms with E-state index in [1.165, 1.54) is 12.8 Å². The first-order valence-electron chi connectivity index (χ1n) is 4.81. The molecule has 0 aromatic carbocycles. The second-order valence-corrected chi connectivity index (χ2v) is 3.95. The Morgan fingerprint density at radius 3 is 3.00 bits per heavy atom. The molecule has 1 aliphatic heterocycles. The van der Waals surface area contributed by atoms with Crippen LogP contribution in [-0.4, -0.2) is 11.7 Å². The Hall–Kier alpha value is -0.560. The molecule has 1 heterocycles. The van der Waals surface area contributed by atoms with Crippen molar-refractivity contribution in [3.63, 3.8) is 0 Å². The van der Waals surface area contributed by atoms with E-state index in [-0.39, 0.29) is 5.60 Å². The number of hydrogen-bond donors (Lipinski definition) is 0. The molecular weight excluding hydrogens is 148 g/mol. The molecule has 2 aliphatic rings. The second kappa shape index (κ2) is 2.74. The van der Waals surface area contributed by atoms with E-state index in [4.69, 9.17) is 4.74 Å². The maximum Gasteiger partial charge on any atom is 0.117 e. The molecule has 1 fully saturated rings. The van der Waals surface area contributed by atoms with Gasteiger partial charge in [0.15, 0.2) is 0 Å². The highest BCUT2D eigenvalue weighted by molar-refractivity contribution is 5.31. The van der Waals surface area contributed by atoms with Crippen LogP contribution in [0.2, 0.25) is 0 Å². The van der Waals surface area contributed by atoms with E-state index in [0.717, 1.165) is 5.92 Å². The van der Waals surface area contributed by atoms with Crippen LogP contribution in [0, 0.1) is 5.92 Å². The van der Waals surface area contributed by atoms with Gasteiger partial charge in [0, 0.05) is 0 Å². The minimum atomic E-state index is 0.101. The lowest BCUT2D eigenvalue weighted by Gasteiger charge is -2.13. The molecule has 12 heavy (non-hydrogen) atoms. The first-order chi connectivity index (χ1) is 5.77. The van der Waals surface area contributed by atoms with Crippen LogP contribution < -0.4 is 0 Å². The van der Waals surface area contributed by atoms with Gasteiger partial charge in [-0.2, -0.15) is 0 Å². The standard InChI is InChI=1S/C11H16O/c1-3-9(2)8-11-7-5-4-6-10(11)12-11/h4-7,9-10H,3,8H2,1-2H3. The van der Waals surface area contributed by atoms with Crippen LogP contribution in [0.5, 0.6) is 0 Å². The van der Waals surface area contributed by atoms with Gasteiger partial charge in [0.1, 0.15) is 11.7 Å². The average molecular weight is 164 g/mol. The van der Waals surface area contributed by atoms with E-state index in [0.29, 0.717) is 6.10 Å². The van der Waals surface area contributed by atoms with Crippen molar-refractivity contribution in [1.82, 2.24) is 0 Å². The number of fused-ring (bicyclic) bond motifs is 1. The predicted octanol–water partition coefficient (Wildman–Crippen LogP) is 2.69. The highest BCUT2D eigenvalue weighted by Gasteiger charge is 2.53. The normalized spacial score (nSPS) is 39.3. The molecule has 0 radical (unpaired) electrons. The maximum atomic E-state index is 5.66. The van der Waals surface area contributed by atoms with Gasteiger partial charge < -0.3 is 4.74 Å². The van der Waals surface area contributed by atoms with Crippen LogP contribution >= 0.6 is 0 Å². The monoisotopic (exact) mass is 164 g/mol. The zero-order valence-electron chi connectivity index (χ0n) is 7.79. The topological polar surface area (TPSA) is 12.5 Å². The summed E-state index contributed by atoms with van der Waals surface area (Å²) in [6.45, 7) is 4.53. The number of epoxide rings is 1. The van der Waals surface area contributed by atoms with Gasteiger partial charge in [0.2, 0.25) is 0 Å². The fraction of sp³-hybridized carbons (Fsp3) is 0.636. The number of allylic oxidation sites excluding steroid dienone is 2. The zero-order valence-corrected chi connectivity index (χ0v) is 7.79. The van der Waals surface area contributed by atoms with Gasteiger partial charge in [-0.05, 0) is 18.4 Å². The van der Waals surface area contributed by atoms with Gasteiger partial charge in [-0.25, -0.2) is 0 Å². The highest BCUT2D eigenvalue weighted by atomic mass is 16.6. The maximum absolute atomic E-state index is 5.66. The Labute approximate surface area is 74.1 Å². The van der Waals surface area contributed by atoms with Gasteiger partial charge in [-0.3, -0.25) is 0 Å². The van der Waals surface area contributed by atoms with Gasteiger partial charge >= 0.3 is 0 Å². The summed E-state index contributed by atoms with van der Waals surface area (Å²) in [7, 11) is 0. The van der Waals surface area contributed by atoms with E-state index >= 15 is 0 Å². The molecular formula is C11H16O. The quantitative estimate of drug-likeness (QED) is 0.584. The number of rotatable bonds is 3. The molecule has 0 bridgehead atoms. The Balaban J connectivity index is 1.98. The third-order valence-electron chi connectivity index (χ3n) is 2.91. The molecule has 1 nitrogen and oxygen atoms in total. The van der Waals surface area contributed by atoms with E-state index in [2.05, 4.69) is 38.2 Å². The third kappa shape index (κ3) is 1.22. The smallest absolute Gasteiger partial charge is 0.117 e. The lowest BCUT2D eigenvalue weighted by molar-refractivity contribution is 0.296. The van der Waals surface area contributed by atoms with Crippen molar-refractivity contribution in [1.29, 1.82) is 0 Å². The summed E-state index contributed by atoms with van der Waals surface area (Å²) >= 11 is 0. The number of ether oxygens (including phenoxy) is 1. The second-order valence-electron chi connectivity index (χ2n) is 3.95. The Bertz CT molecular complexity index is 229. The Morgan fingerprint density at radius 1 is 1.50 bits per heavy atom. The fourth-order valence-corrected chi connectivity index (χ4v) is 1.84. The van der Waals surface area contributed by atoms with Crippen molar-refractivity contribution in [3.05, 3.63) is 24.3 Å². The van der Waals surface area contributed by atoms with E-state index in [1.807, 2.05) is 0 Å². The van der Waals surface area contributed by atoms with Crippen LogP contribution in [0.25, 0.3) is 0 Å². The summed E-state index contributed by atoms with van der Waals surface area (Å²) in [5.74, 6) is 0.770. The summed E-state index contributed by atoms with van der Waals surface area (Å²) in [5, 5.41) is 0. The summed E-state index contributed by atoms with van der Waals surface area (Å²) in [5.41, 5.74) is 0.101. The Morgan fingerprint density at radius 2 is 2.33 bits per heavy atom. The van der Waals surface area contributed by atoms with Crippen LogP contribution in [0.1, 0.15) is 26.7 Å². The summed E-state index contributed by atoms with van der Waals surface area (Å²) in [4.78, 5) is 0. The first-order valence-corrected chi connectivity index (χ1v) is 4.81. The van der Waals surface area contributed by atoms with Crippen molar-refractivity contribution in [2.75, 3.05) is 0 Å². The molecule has 3 unspecified atom stereocenters. The van der Waals surface area contributed by atoms with Crippen molar-refractivity contribution in [3.8, 4) is 0 Å². The molecule has 0 saturated carbocycles. The van der Waals surface area contributed by atoms with Crippen LogP contribution in [0.3, 0.4) is 0 Å². The van der Waals surface area contributed by atoms with Crippen molar-refractivity contribution in [2.24, 2.45) is 5.92 Å². The molecule has 2 rings (SSSR count). The molecule has 0 amide bonds. The van der Waals surface area contributed by atoms with Gasteiger partial charge in [-0.1, -0.05) is 38.5 Å². The summed E-state index contributed by atoms with van der Waals surface area (Å²) in [6.07, 6.45) is 11.4. The van der Waals surface area contributed by atoms with Crippen molar-refractivity contribution < 1.29 is 4.74 Å². The van der Waals surface area contributed by atoms with Gasteiger partial charge in [0.05, 0.1) is 0 Å². The number of hydrogen-bond acceptors (Lipinski definition) is 1. The van der Waals surface area contributed by atoms with Crippen LogP contribution in [0.4, 0.5) is 0 Å². The molecule has 66 valence electrons. The average Bonchev–Trinajstić information content (AvgIpc) is 2.78. The highest BCUT2D eigenvalue weighted by Crippen LogP contribution is 2.46. The molecule has 0 N–H and O–H groups in total. The molecule has 1 heteroatoms. The van der Waals surface area contributed by atoms with E-state index in [9.17, 15) is 0 Å². The zero-order chi connectivity index (χ0) is 8.60. The minimum absolute atomic E-state index is 0.101. The van der Waals surface area contributed by atoms with E-state index in [1.54, 1.807) is 0 Å². The summed E-state index contributed by atoms with van der Waals surface area (Å²) in [6, 6.07) is 0. The van der Waals surface area contributed by atoms with Crippen LogP contribution in [-0.2, 0) is 4.74 Å². The minimum Gasteiger partial charge on any atom is -0.357 e. The third-order valence-corrected chi connectivity index (χ3v) is 2.91. The predicted molar refractivity (Wildman–Crippen MR) is 50.0 cm³/mol. The lowest BCUT2D eigenvalue weighted by Crippen LogP contribution is -2.16. The Kier molecular flexibility index (Phi) is 1.84. The van der Waals surface area contributed by atoms with Crippen molar-refractivity contribution in [2.45, 2.75) is 38.4 Å². The van der Waals surface area contributed by atoms with E-state index < -0.39 is 0 Å². The summed E-state index contributed by atoms with van der Waals surface area (Å²) < 4.78 is 5.66. The first kappa shape index (κ1) is 8.06. The molecule has 0 spiro atoms. The fourth-order valence-electron chi connectivity index (χ4n) is 1.84.